The molecule has 0 saturated heterocycles. The van der Waals surface area contributed by atoms with Crippen LogP contribution in [0.1, 0.15) is 19.3 Å². The van der Waals surface area contributed by atoms with Crippen LogP contribution in [0, 0.1) is 0 Å². The SMILES string of the molecule is O=CNCCC1=CC=C(C(F)(F)F)CC1. The number of hydrogen-bond donors (Lipinski definition) is 1. The van der Waals surface area contributed by atoms with E-state index in [4.69, 9.17) is 0 Å². The molecule has 0 unspecified atom stereocenters. The molecule has 0 saturated carbocycles. The highest BCUT2D eigenvalue weighted by Crippen LogP contribution is 2.33. The molecule has 0 heterocycles. The predicted octanol–water partition coefficient (Wildman–Crippen LogP) is 2.33. The molecule has 0 aromatic rings. The van der Waals surface area contributed by atoms with E-state index >= 15 is 0 Å². The molecule has 5 heteroatoms. The zero-order valence-corrected chi connectivity index (χ0v) is 8.10. The molecule has 0 aliphatic heterocycles. The highest BCUT2D eigenvalue weighted by Gasteiger charge is 2.33. The summed E-state index contributed by atoms with van der Waals surface area (Å²) >= 11 is 0. The molecular formula is C10H12F3NO. The van der Waals surface area contributed by atoms with Gasteiger partial charge in [-0.3, -0.25) is 4.79 Å². The molecule has 0 aromatic carbocycles. The van der Waals surface area contributed by atoms with Gasteiger partial charge in [0.1, 0.15) is 0 Å². The number of hydrogen-bond acceptors (Lipinski definition) is 1. The maximum Gasteiger partial charge on any atom is 0.412 e. The molecule has 0 atom stereocenters. The van der Waals surface area contributed by atoms with Crippen LogP contribution in [0.25, 0.3) is 0 Å². The average Bonchev–Trinajstić information content (AvgIpc) is 2.18. The Labute approximate surface area is 85.8 Å². The van der Waals surface area contributed by atoms with Crippen LogP contribution >= 0.6 is 0 Å². The fourth-order valence-electron chi connectivity index (χ4n) is 1.42. The van der Waals surface area contributed by atoms with Crippen molar-refractivity contribution in [3.05, 3.63) is 23.3 Å². The normalized spacial score (nSPS) is 16.7. The van der Waals surface area contributed by atoms with Crippen LogP contribution in [0.5, 0.6) is 0 Å². The summed E-state index contributed by atoms with van der Waals surface area (Å²) in [5.74, 6) is 0. The smallest absolute Gasteiger partial charge is 0.358 e. The first-order chi connectivity index (χ1) is 7.04. The second-order valence-corrected chi connectivity index (χ2v) is 3.34. The topological polar surface area (TPSA) is 29.1 Å². The minimum absolute atomic E-state index is 0.0381. The van der Waals surface area contributed by atoms with E-state index in [1.807, 2.05) is 0 Å². The fourth-order valence-corrected chi connectivity index (χ4v) is 1.42. The summed E-state index contributed by atoms with van der Waals surface area (Å²) in [7, 11) is 0. The molecule has 15 heavy (non-hydrogen) atoms. The minimum atomic E-state index is -4.21. The largest absolute Gasteiger partial charge is 0.412 e. The molecule has 2 nitrogen and oxygen atoms in total. The molecule has 84 valence electrons. The highest BCUT2D eigenvalue weighted by molar-refractivity contribution is 5.45. The quantitative estimate of drug-likeness (QED) is 0.570. The molecule has 0 fully saturated rings. The first-order valence-electron chi connectivity index (χ1n) is 4.67. The van der Waals surface area contributed by atoms with E-state index in [0.29, 0.717) is 25.8 Å². The fraction of sp³-hybridized carbons (Fsp3) is 0.500. The number of allylic oxidation sites excluding steroid dienone is 3. The van der Waals surface area contributed by atoms with Gasteiger partial charge in [-0.2, -0.15) is 13.2 Å². The Hall–Kier alpha value is -1.26. The summed E-state index contributed by atoms with van der Waals surface area (Å²) in [5, 5.41) is 2.47. The first-order valence-corrected chi connectivity index (χ1v) is 4.67. The van der Waals surface area contributed by atoms with E-state index in [-0.39, 0.29) is 6.42 Å². The molecule has 1 amide bonds. The molecule has 1 rings (SSSR count). The predicted molar refractivity (Wildman–Crippen MR) is 50.1 cm³/mol. The molecule has 1 aliphatic carbocycles. The number of carbonyl (C=O) groups is 1. The van der Waals surface area contributed by atoms with Gasteiger partial charge in [0.05, 0.1) is 0 Å². The van der Waals surface area contributed by atoms with E-state index in [1.54, 1.807) is 0 Å². The number of nitrogens with one attached hydrogen (secondary N) is 1. The standard InChI is InChI=1S/C10H12F3NO/c11-10(12,13)9-3-1-8(2-4-9)5-6-14-7-15/h1,3,7H,2,4-6H2,(H,14,15). The molecule has 0 spiro atoms. The summed E-state index contributed by atoms with van der Waals surface area (Å²) in [6.45, 7) is 0.477. The monoisotopic (exact) mass is 219 g/mol. The van der Waals surface area contributed by atoms with Gasteiger partial charge < -0.3 is 5.32 Å². The third-order valence-electron chi connectivity index (χ3n) is 2.27. The molecule has 0 bridgehead atoms. The van der Waals surface area contributed by atoms with Crippen LogP contribution in [-0.4, -0.2) is 19.1 Å². The van der Waals surface area contributed by atoms with Gasteiger partial charge >= 0.3 is 6.18 Å². The lowest BCUT2D eigenvalue weighted by Gasteiger charge is -2.16. The van der Waals surface area contributed by atoms with E-state index in [1.165, 1.54) is 6.08 Å². The Morgan fingerprint density at radius 1 is 1.33 bits per heavy atom. The molecule has 0 radical (unpaired) electrons. The molecule has 0 aromatic heterocycles. The van der Waals surface area contributed by atoms with Crippen molar-refractivity contribution in [1.29, 1.82) is 0 Å². The summed E-state index contributed by atoms with van der Waals surface area (Å²) < 4.78 is 36.7. The lowest BCUT2D eigenvalue weighted by molar-refractivity contribution is -0.109. The van der Waals surface area contributed by atoms with Crippen LogP contribution in [0.2, 0.25) is 0 Å². The van der Waals surface area contributed by atoms with Crippen molar-refractivity contribution in [1.82, 2.24) is 5.32 Å². The maximum atomic E-state index is 12.2. The van der Waals surface area contributed by atoms with Crippen LogP contribution in [0.4, 0.5) is 13.2 Å². The lowest BCUT2D eigenvalue weighted by Crippen LogP contribution is -2.16. The second-order valence-electron chi connectivity index (χ2n) is 3.34. The van der Waals surface area contributed by atoms with Crippen LogP contribution in [-0.2, 0) is 4.79 Å². The molecule has 1 N–H and O–H groups in total. The number of carbonyl (C=O) groups excluding carboxylic acids is 1. The second kappa shape index (κ2) is 5.00. The van der Waals surface area contributed by atoms with Crippen LogP contribution in [0.3, 0.4) is 0 Å². The number of alkyl halides is 3. The van der Waals surface area contributed by atoms with E-state index in [0.717, 1.165) is 11.6 Å². The Morgan fingerprint density at radius 3 is 2.53 bits per heavy atom. The van der Waals surface area contributed by atoms with Crippen molar-refractivity contribution < 1.29 is 18.0 Å². The Balaban J connectivity index is 2.49. The Morgan fingerprint density at radius 2 is 2.07 bits per heavy atom. The van der Waals surface area contributed by atoms with E-state index in [9.17, 15) is 18.0 Å². The van der Waals surface area contributed by atoms with Gasteiger partial charge in [-0.1, -0.05) is 17.7 Å². The van der Waals surface area contributed by atoms with Gasteiger partial charge in [0.25, 0.3) is 0 Å². The van der Waals surface area contributed by atoms with Crippen LogP contribution in [0.15, 0.2) is 23.3 Å². The lowest BCUT2D eigenvalue weighted by atomic mass is 9.96. The van der Waals surface area contributed by atoms with Gasteiger partial charge in [-0.05, 0) is 19.3 Å². The summed E-state index contributed by atoms with van der Waals surface area (Å²) in [4.78, 5) is 9.94. The number of rotatable bonds is 4. The zero-order valence-electron chi connectivity index (χ0n) is 8.10. The van der Waals surface area contributed by atoms with Gasteiger partial charge in [0.2, 0.25) is 6.41 Å². The van der Waals surface area contributed by atoms with Gasteiger partial charge in [-0.15, -0.1) is 0 Å². The minimum Gasteiger partial charge on any atom is -0.358 e. The van der Waals surface area contributed by atoms with Crippen LogP contribution < -0.4 is 5.32 Å². The van der Waals surface area contributed by atoms with Crippen molar-refractivity contribution >= 4 is 6.41 Å². The van der Waals surface area contributed by atoms with Gasteiger partial charge in [0.15, 0.2) is 0 Å². The number of amides is 1. The van der Waals surface area contributed by atoms with Crippen molar-refractivity contribution in [2.45, 2.75) is 25.4 Å². The summed E-state index contributed by atoms with van der Waals surface area (Å²) in [5.41, 5.74) is 0.465. The summed E-state index contributed by atoms with van der Waals surface area (Å²) in [6.07, 6.45) is 0.0741. The summed E-state index contributed by atoms with van der Waals surface area (Å²) in [6, 6.07) is 0. The Bertz CT molecular complexity index is 292. The zero-order chi connectivity index (χ0) is 11.3. The van der Waals surface area contributed by atoms with Crippen molar-refractivity contribution in [2.24, 2.45) is 0 Å². The van der Waals surface area contributed by atoms with Gasteiger partial charge in [0, 0.05) is 12.1 Å². The Kier molecular flexibility index (Phi) is 3.94. The maximum absolute atomic E-state index is 12.2. The first kappa shape index (κ1) is 11.8. The van der Waals surface area contributed by atoms with Gasteiger partial charge in [-0.25, -0.2) is 0 Å². The third-order valence-corrected chi connectivity index (χ3v) is 2.27. The number of halogens is 3. The van der Waals surface area contributed by atoms with Crippen molar-refractivity contribution in [3.8, 4) is 0 Å². The van der Waals surface area contributed by atoms with E-state index < -0.39 is 11.7 Å². The molecular weight excluding hydrogens is 207 g/mol. The molecule has 1 aliphatic rings. The van der Waals surface area contributed by atoms with E-state index in [2.05, 4.69) is 5.32 Å². The average molecular weight is 219 g/mol. The third kappa shape index (κ3) is 3.77. The van der Waals surface area contributed by atoms with Crippen molar-refractivity contribution in [2.75, 3.05) is 6.54 Å². The van der Waals surface area contributed by atoms with Crippen molar-refractivity contribution in [3.63, 3.8) is 0 Å². The highest BCUT2D eigenvalue weighted by atomic mass is 19.4.